The SMILES string of the molecule is C[C@@H]1CN(c2cccc(NC(=O)c3ccc(NS(C)(=O)=O)cc3N3CCC4(CC3)CC4)n2)CCO1. The van der Waals surface area contributed by atoms with Crippen molar-refractivity contribution < 1.29 is 17.9 Å². The molecule has 2 saturated heterocycles. The Balaban J connectivity index is 1.38. The Hall–Kier alpha value is -2.85. The molecule has 0 bridgehead atoms. The fourth-order valence-electron chi connectivity index (χ4n) is 5.04. The summed E-state index contributed by atoms with van der Waals surface area (Å²) >= 11 is 0. The normalized spacial score (nSPS) is 21.6. The van der Waals surface area contributed by atoms with Gasteiger partial charge < -0.3 is 19.9 Å². The lowest BCUT2D eigenvalue weighted by molar-refractivity contribution is 0.0529. The topological polar surface area (TPSA) is 104 Å². The number of morpholine rings is 1. The van der Waals surface area contributed by atoms with Gasteiger partial charge in [0.15, 0.2) is 0 Å². The summed E-state index contributed by atoms with van der Waals surface area (Å²) in [5.74, 6) is 1.01. The molecule has 2 N–H and O–H groups in total. The molecule has 35 heavy (non-hydrogen) atoms. The van der Waals surface area contributed by atoms with Crippen molar-refractivity contribution in [3.63, 3.8) is 0 Å². The molecule has 3 aliphatic rings. The molecule has 9 nitrogen and oxygen atoms in total. The van der Waals surface area contributed by atoms with E-state index in [9.17, 15) is 13.2 Å². The van der Waals surface area contributed by atoms with Crippen LogP contribution in [0.2, 0.25) is 0 Å². The Morgan fingerprint density at radius 1 is 1.09 bits per heavy atom. The average molecular weight is 500 g/mol. The number of benzene rings is 1. The fraction of sp³-hybridized carbons (Fsp3) is 0.520. The Bertz CT molecular complexity index is 1200. The van der Waals surface area contributed by atoms with Gasteiger partial charge in [0.05, 0.1) is 35.9 Å². The standard InChI is InChI=1S/C25H33N5O4S/c1-18-17-30(14-15-34-18)23-5-3-4-22(26-23)27-24(31)20-7-6-19(28-35(2,32)33)16-21(20)29-12-10-25(8-9-25)11-13-29/h3-7,16,18,28H,8-15,17H2,1-2H3,(H,26,27,31)/t18-/m1/s1. The molecule has 2 aliphatic heterocycles. The second kappa shape index (κ2) is 9.31. The van der Waals surface area contributed by atoms with E-state index in [1.165, 1.54) is 12.8 Å². The van der Waals surface area contributed by atoms with E-state index in [0.717, 1.165) is 56.8 Å². The van der Waals surface area contributed by atoms with E-state index >= 15 is 0 Å². The predicted octanol–water partition coefficient (Wildman–Crippen LogP) is 3.31. The van der Waals surface area contributed by atoms with E-state index < -0.39 is 10.0 Å². The van der Waals surface area contributed by atoms with Crippen molar-refractivity contribution in [2.45, 2.75) is 38.7 Å². The van der Waals surface area contributed by atoms with Crippen LogP contribution in [0.25, 0.3) is 0 Å². The van der Waals surface area contributed by atoms with Gasteiger partial charge in [0.25, 0.3) is 5.91 Å². The van der Waals surface area contributed by atoms with Crippen LogP contribution in [0.4, 0.5) is 23.0 Å². The lowest BCUT2D eigenvalue weighted by Gasteiger charge is -2.35. The molecule has 0 unspecified atom stereocenters. The quantitative estimate of drug-likeness (QED) is 0.628. The molecule has 0 radical (unpaired) electrons. The summed E-state index contributed by atoms with van der Waals surface area (Å²) in [6, 6.07) is 10.7. The number of aromatic nitrogens is 1. The first-order valence-electron chi connectivity index (χ1n) is 12.2. The van der Waals surface area contributed by atoms with Gasteiger partial charge in [-0.2, -0.15) is 0 Å². The zero-order valence-corrected chi connectivity index (χ0v) is 21.1. The minimum absolute atomic E-state index is 0.129. The number of sulfonamides is 1. The molecule has 1 saturated carbocycles. The van der Waals surface area contributed by atoms with Crippen LogP contribution in [0.15, 0.2) is 36.4 Å². The zero-order valence-electron chi connectivity index (χ0n) is 20.3. The predicted molar refractivity (Wildman–Crippen MR) is 138 cm³/mol. The van der Waals surface area contributed by atoms with Gasteiger partial charge in [-0.05, 0) is 68.4 Å². The van der Waals surface area contributed by atoms with Crippen LogP contribution in [0.5, 0.6) is 0 Å². The second-order valence-electron chi connectivity index (χ2n) is 10.1. The lowest BCUT2D eigenvalue weighted by atomic mass is 9.93. The van der Waals surface area contributed by atoms with Crippen molar-refractivity contribution in [3.8, 4) is 0 Å². The Morgan fingerprint density at radius 2 is 1.86 bits per heavy atom. The number of amides is 1. The van der Waals surface area contributed by atoms with E-state index in [-0.39, 0.29) is 12.0 Å². The summed E-state index contributed by atoms with van der Waals surface area (Å²) in [7, 11) is -3.43. The van der Waals surface area contributed by atoms with Crippen LogP contribution < -0.4 is 19.8 Å². The van der Waals surface area contributed by atoms with Gasteiger partial charge in [-0.15, -0.1) is 0 Å². The highest BCUT2D eigenvalue weighted by molar-refractivity contribution is 7.92. The largest absolute Gasteiger partial charge is 0.375 e. The van der Waals surface area contributed by atoms with Gasteiger partial charge in [-0.25, -0.2) is 13.4 Å². The van der Waals surface area contributed by atoms with Crippen LogP contribution in [0.3, 0.4) is 0 Å². The molecule has 1 aliphatic carbocycles. The van der Waals surface area contributed by atoms with Crippen LogP contribution in [-0.4, -0.2) is 64.5 Å². The molecule has 1 atom stereocenters. The van der Waals surface area contributed by atoms with Crippen LogP contribution in [0, 0.1) is 5.41 Å². The Labute approximate surface area is 206 Å². The molecule has 1 amide bonds. The number of nitrogens with one attached hydrogen (secondary N) is 2. The number of pyridine rings is 1. The van der Waals surface area contributed by atoms with Crippen molar-refractivity contribution in [2.75, 3.05) is 58.9 Å². The molecule has 1 aromatic heterocycles. The van der Waals surface area contributed by atoms with Gasteiger partial charge in [-0.3, -0.25) is 9.52 Å². The fourth-order valence-corrected chi connectivity index (χ4v) is 5.60. The second-order valence-corrected chi connectivity index (χ2v) is 11.8. The van der Waals surface area contributed by atoms with E-state index in [0.29, 0.717) is 29.1 Å². The van der Waals surface area contributed by atoms with Crippen molar-refractivity contribution in [1.82, 2.24) is 4.98 Å². The first kappa shape index (κ1) is 23.9. The van der Waals surface area contributed by atoms with E-state index in [1.54, 1.807) is 24.3 Å². The van der Waals surface area contributed by atoms with Crippen molar-refractivity contribution in [2.24, 2.45) is 5.41 Å². The molecular formula is C25H33N5O4S. The molecular weight excluding hydrogens is 466 g/mol. The number of piperidine rings is 1. The highest BCUT2D eigenvalue weighted by Crippen LogP contribution is 2.54. The van der Waals surface area contributed by atoms with Crippen LogP contribution in [-0.2, 0) is 14.8 Å². The molecule has 1 aromatic carbocycles. The number of carbonyl (C=O) groups is 1. The highest BCUT2D eigenvalue weighted by Gasteiger charge is 2.44. The van der Waals surface area contributed by atoms with Crippen LogP contribution in [0.1, 0.15) is 43.0 Å². The monoisotopic (exact) mass is 499 g/mol. The molecule has 188 valence electrons. The first-order valence-corrected chi connectivity index (χ1v) is 14.1. The number of rotatable bonds is 6. The maximum atomic E-state index is 13.4. The van der Waals surface area contributed by atoms with Crippen LogP contribution >= 0.6 is 0 Å². The smallest absolute Gasteiger partial charge is 0.258 e. The minimum atomic E-state index is -3.43. The number of hydrogen-bond donors (Lipinski definition) is 2. The van der Waals surface area contributed by atoms with Gasteiger partial charge >= 0.3 is 0 Å². The first-order chi connectivity index (χ1) is 16.7. The van der Waals surface area contributed by atoms with Crippen molar-refractivity contribution >= 4 is 38.9 Å². The van der Waals surface area contributed by atoms with Gasteiger partial charge in [0, 0.05) is 26.2 Å². The number of anilines is 4. The van der Waals surface area contributed by atoms with Gasteiger partial charge in [0.1, 0.15) is 11.6 Å². The van der Waals surface area contributed by atoms with E-state index in [2.05, 4.69) is 24.8 Å². The third-order valence-corrected chi connectivity index (χ3v) is 7.82. The highest BCUT2D eigenvalue weighted by atomic mass is 32.2. The summed E-state index contributed by atoms with van der Waals surface area (Å²) in [6.07, 6.45) is 6.02. The maximum absolute atomic E-state index is 13.4. The number of hydrogen-bond acceptors (Lipinski definition) is 7. The minimum Gasteiger partial charge on any atom is -0.375 e. The molecule has 5 rings (SSSR count). The average Bonchev–Trinajstić information content (AvgIpc) is 3.57. The van der Waals surface area contributed by atoms with E-state index in [4.69, 9.17) is 4.74 Å². The van der Waals surface area contributed by atoms with E-state index in [1.807, 2.05) is 19.1 Å². The molecule has 2 aromatic rings. The number of nitrogens with zero attached hydrogens (tertiary/aromatic N) is 3. The molecule has 3 heterocycles. The molecule has 10 heteroatoms. The zero-order chi connectivity index (χ0) is 24.6. The Morgan fingerprint density at radius 3 is 2.54 bits per heavy atom. The Kier molecular flexibility index (Phi) is 6.35. The summed E-state index contributed by atoms with van der Waals surface area (Å²) in [5.41, 5.74) is 2.18. The summed E-state index contributed by atoms with van der Waals surface area (Å²) < 4.78 is 31.8. The number of ether oxygens (including phenoxy) is 1. The summed E-state index contributed by atoms with van der Waals surface area (Å²) in [5, 5.41) is 2.95. The summed E-state index contributed by atoms with van der Waals surface area (Å²) in [4.78, 5) is 22.4. The molecule has 3 fully saturated rings. The summed E-state index contributed by atoms with van der Waals surface area (Å²) in [6.45, 7) is 5.89. The van der Waals surface area contributed by atoms with Gasteiger partial charge in [-0.1, -0.05) is 6.07 Å². The number of carbonyl (C=O) groups excluding carboxylic acids is 1. The van der Waals surface area contributed by atoms with Crippen molar-refractivity contribution in [3.05, 3.63) is 42.0 Å². The van der Waals surface area contributed by atoms with Crippen molar-refractivity contribution in [1.29, 1.82) is 0 Å². The van der Waals surface area contributed by atoms with Gasteiger partial charge in [0.2, 0.25) is 10.0 Å². The lowest BCUT2D eigenvalue weighted by Crippen LogP contribution is -2.41. The maximum Gasteiger partial charge on any atom is 0.258 e. The third kappa shape index (κ3) is 5.70. The third-order valence-electron chi connectivity index (χ3n) is 7.21. The molecule has 1 spiro atoms.